The van der Waals surface area contributed by atoms with E-state index in [1.54, 1.807) is 0 Å². The monoisotopic (exact) mass is 399 g/mol. The van der Waals surface area contributed by atoms with Crippen LogP contribution in [0.1, 0.15) is 35.8 Å². The Bertz CT molecular complexity index is 908. The number of likely N-dealkylation sites (tertiary alicyclic amines) is 1. The molecule has 6 nitrogen and oxygen atoms in total. The Morgan fingerprint density at radius 1 is 1.21 bits per heavy atom. The first-order valence-electron chi connectivity index (χ1n) is 8.47. The highest BCUT2D eigenvalue weighted by Crippen LogP contribution is 2.36. The number of amides is 1. The van der Waals surface area contributed by atoms with E-state index in [2.05, 4.69) is 5.10 Å². The molecule has 1 fully saturated rings. The standard InChI is InChI=1S/C18H17F4N3O3/c1-17(16(27)28)7-2-8-24(10-17)15(26)13-9-23-25(14(13)18(20,21)22)12-5-3-11(19)4-6-12/h3-6,9H,2,7-8,10H2,1H3,(H,27,28). The van der Waals surface area contributed by atoms with Crippen molar-refractivity contribution in [1.29, 1.82) is 0 Å². The van der Waals surface area contributed by atoms with Crippen LogP contribution in [-0.4, -0.2) is 44.8 Å². The second-order valence-corrected chi connectivity index (χ2v) is 6.99. The number of nitrogens with zero attached hydrogens (tertiary/aromatic N) is 3. The Hall–Kier alpha value is -2.91. The number of carboxylic acid groups (broad SMARTS) is 1. The predicted octanol–water partition coefficient (Wildman–Crippen LogP) is 3.36. The van der Waals surface area contributed by atoms with E-state index < -0.39 is 40.5 Å². The number of halogens is 4. The molecular weight excluding hydrogens is 382 g/mol. The average molecular weight is 399 g/mol. The fourth-order valence-electron chi connectivity index (χ4n) is 3.31. The third-order valence-electron chi connectivity index (χ3n) is 4.84. The molecule has 1 amide bonds. The second kappa shape index (κ2) is 6.92. The van der Waals surface area contributed by atoms with Crippen molar-refractivity contribution in [3.63, 3.8) is 0 Å². The minimum absolute atomic E-state index is 0.0539. The molecule has 1 atom stereocenters. The molecule has 10 heteroatoms. The van der Waals surface area contributed by atoms with Crippen LogP contribution in [-0.2, 0) is 11.0 Å². The van der Waals surface area contributed by atoms with E-state index in [4.69, 9.17) is 0 Å². The third kappa shape index (κ3) is 3.58. The molecule has 1 aliphatic rings. The van der Waals surface area contributed by atoms with Crippen molar-refractivity contribution in [2.45, 2.75) is 25.9 Å². The van der Waals surface area contributed by atoms with Gasteiger partial charge in [0.15, 0.2) is 5.69 Å². The summed E-state index contributed by atoms with van der Waals surface area (Å²) in [6, 6.07) is 4.21. The lowest BCUT2D eigenvalue weighted by atomic mass is 9.82. The van der Waals surface area contributed by atoms with Crippen molar-refractivity contribution >= 4 is 11.9 Å². The molecule has 0 spiro atoms. The van der Waals surface area contributed by atoms with E-state index in [1.165, 1.54) is 6.92 Å². The number of piperidine rings is 1. The van der Waals surface area contributed by atoms with E-state index in [0.717, 1.165) is 35.4 Å². The molecule has 1 aromatic carbocycles. The zero-order valence-corrected chi connectivity index (χ0v) is 14.8. The smallest absolute Gasteiger partial charge is 0.434 e. The lowest BCUT2D eigenvalue weighted by Gasteiger charge is -2.37. The number of hydrogen-bond donors (Lipinski definition) is 1. The Kier molecular flexibility index (Phi) is 4.90. The molecule has 0 aliphatic carbocycles. The first-order valence-corrected chi connectivity index (χ1v) is 8.47. The minimum Gasteiger partial charge on any atom is -0.481 e. The highest BCUT2D eigenvalue weighted by molar-refractivity contribution is 5.96. The van der Waals surface area contributed by atoms with Crippen LogP contribution in [0.2, 0.25) is 0 Å². The average Bonchev–Trinajstić information content (AvgIpc) is 3.07. The van der Waals surface area contributed by atoms with Crippen molar-refractivity contribution in [1.82, 2.24) is 14.7 Å². The number of carboxylic acids is 1. The maximum Gasteiger partial charge on any atom is 0.434 e. The SMILES string of the molecule is CC1(C(=O)O)CCCN(C(=O)c2cnn(-c3ccc(F)cc3)c2C(F)(F)F)C1. The van der Waals surface area contributed by atoms with Crippen molar-refractivity contribution < 1.29 is 32.3 Å². The maximum atomic E-state index is 13.7. The molecule has 1 aliphatic heterocycles. The quantitative estimate of drug-likeness (QED) is 0.804. The molecule has 0 bridgehead atoms. The summed E-state index contributed by atoms with van der Waals surface area (Å²) in [4.78, 5) is 25.4. The summed E-state index contributed by atoms with van der Waals surface area (Å²) in [6.07, 6.45) is -3.40. The largest absolute Gasteiger partial charge is 0.481 e. The summed E-state index contributed by atoms with van der Waals surface area (Å²) < 4.78 is 54.8. The van der Waals surface area contributed by atoms with Gasteiger partial charge in [-0.2, -0.15) is 18.3 Å². The zero-order valence-electron chi connectivity index (χ0n) is 14.8. The molecule has 3 rings (SSSR count). The molecule has 0 saturated carbocycles. The van der Waals surface area contributed by atoms with Gasteiger partial charge in [-0.15, -0.1) is 0 Å². The molecule has 1 aromatic heterocycles. The van der Waals surface area contributed by atoms with Gasteiger partial charge in [-0.05, 0) is 44.0 Å². The van der Waals surface area contributed by atoms with Gasteiger partial charge >= 0.3 is 12.1 Å². The topological polar surface area (TPSA) is 75.4 Å². The molecule has 1 unspecified atom stereocenters. The van der Waals surface area contributed by atoms with Crippen LogP contribution >= 0.6 is 0 Å². The number of aliphatic carboxylic acids is 1. The number of rotatable bonds is 3. The Balaban J connectivity index is 2.01. The van der Waals surface area contributed by atoms with E-state index in [0.29, 0.717) is 17.5 Å². The van der Waals surface area contributed by atoms with Crippen LogP contribution in [0, 0.1) is 11.2 Å². The normalized spacial score (nSPS) is 20.2. The maximum absolute atomic E-state index is 13.7. The second-order valence-electron chi connectivity index (χ2n) is 6.99. The van der Waals surface area contributed by atoms with Crippen molar-refractivity contribution in [3.8, 4) is 5.69 Å². The van der Waals surface area contributed by atoms with Gasteiger partial charge in [0.1, 0.15) is 5.82 Å². The summed E-state index contributed by atoms with van der Waals surface area (Å²) in [5, 5.41) is 13.0. The van der Waals surface area contributed by atoms with Crippen LogP contribution in [0.15, 0.2) is 30.5 Å². The molecule has 1 saturated heterocycles. The fraction of sp³-hybridized carbons (Fsp3) is 0.389. The lowest BCUT2D eigenvalue weighted by Crippen LogP contribution is -2.48. The van der Waals surface area contributed by atoms with Crippen LogP contribution in [0.3, 0.4) is 0 Å². The van der Waals surface area contributed by atoms with Gasteiger partial charge in [-0.25, -0.2) is 9.07 Å². The summed E-state index contributed by atoms with van der Waals surface area (Å²) >= 11 is 0. The molecule has 1 N–H and O–H groups in total. The number of carbonyl (C=O) groups is 2. The number of benzene rings is 1. The Morgan fingerprint density at radius 2 is 1.86 bits per heavy atom. The van der Waals surface area contributed by atoms with Gasteiger partial charge < -0.3 is 10.0 Å². The lowest BCUT2D eigenvalue weighted by molar-refractivity contribution is -0.150. The number of carbonyl (C=O) groups excluding carboxylic acids is 1. The Morgan fingerprint density at radius 3 is 2.43 bits per heavy atom. The number of alkyl halides is 3. The summed E-state index contributed by atoms with van der Waals surface area (Å²) in [5.74, 6) is -2.67. The van der Waals surface area contributed by atoms with Crippen molar-refractivity contribution in [2.75, 3.05) is 13.1 Å². The summed E-state index contributed by atoms with van der Waals surface area (Å²) in [5.41, 5.74) is -3.24. The molecule has 2 heterocycles. The summed E-state index contributed by atoms with van der Waals surface area (Å²) in [7, 11) is 0. The summed E-state index contributed by atoms with van der Waals surface area (Å²) in [6.45, 7) is 1.42. The van der Waals surface area contributed by atoms with Gasteiger partial charge in [-0.3, -0.25) is 9.59 Å². The van der Waals surface area contributed by atoms with E-state index in [-0.39, 0.29) is 18.8 Å². The molecule has 150 valence electrons. The van der Waals surface area contributed by atoms with Crippen LogP contribution in [0.4, 0.5) is 17.6 Å². The number of hydrogen-bond acceptors (Lipinski definition) is 3. The Labute approximate surface area is 157 Å². The zero-order chi connectivity index (χ0) is 20.7. The van der Waals surface area contributed by atoms with Gasteiger partial charge in [0.2, 0.25) is 0 Å². The van der Waals surface area contributed by atoms with Crippen LogP contribution in [0.5, 0.6) is 0 Å². The highest BCUT2D eigenvalue weighted by atomic mass is 19.4. The number of aromatic nitrogens is 2. The van der Waals surface area contributed by atoms with Crippen LogP contribution in [0.25, 0.3) is 5.69 Å². The molecule has 2 aromatic rings. The minimum atomic E-state index is -4.90. The van der Waals surface area contributed by atoms with E-state index in [9.17, 15) is 32.3 Å². The first-order chi connectivity index (χ1) is 13.0. The molecular formula is C18H17F4N3O3. The molecule has 0 radical (unpaired) electrons. The highest BCUT2D eigenvalue weighted by Gasteiger charge is 2.44. The van der Waals surface area contributed by atoms with Crippen LogP contribution < -0.4 is 0 Å². The van der Waals surface area contributed by atoms with Crippen molar-refractivity contribution in [3.05, 3.63) is 47.5 Å². The third-order valence-corrected chi connectivity index (χ3v) is 4.84. The first kappa shape index (κ1) is 19.8. The van der Waals surface area contributed by atoms with Gasteiger partial charge in [0.05, 0.1) is 22.9 Å². The molecule has 28 heavy (non-hydrogen) atoms. The van der Waals surface area contributed by atoms with E-state index in [1.807, 2.05) is 0 Å². The van der Waals surface area contributed by atoms with Gasteiger partial charge in [0.25, 0.3) is 5.91 Å². The van der Waals surface area contributed by atoms with Crippen molar-refractivity contribution in [2.24, 2.45) is 5.41 Å². The predicted molar refractivity (Wildman–Crippen MR) is 89.4 cm³/mol. The van der Waals surface area contributed by atoms with Gasteiger partial charge in [0, 0.05) is 13.1 Å². The van der Waals surface area contributed by atoms with E-state index >= 15 is 0 Å². The van der Waals surface area contributed by atoms with Gasteiger partial charge in [-0.1, -0.05) is 0 Å². The fourth-order valence-corrected chi connectivity index (χ4v) is 3.31.